The van der Waals surface area contributed by atoms with Gasteiger partial charge in [-0.25, -0.2) is 9.59 Å². The summed E-state index contributed by atoms with van der Waals surface area (Å²) < 4.78 is 61.7. The minimum Gasteiger partial charge on any atom is -0.497 e. The van der Waals surface area contributed by atoms with Crippen molar-refractivity contribution in [1.29, 1.82) is 0 Å². The Hall–Kier alpha value is -4.91. The number of hydrogen-bond donors (Lipinski definition) is 0. The van der Waals surface area contributed by atoms with E-state index in [4.69, 9.17) is 47.1 Å². The van der Waals surface area contributed by atoms with Crippen molar-refractivity contribution in [3.63, 3.8) is 0 Å². The third-order valence-electron chi connectivity index (χ3n) is 12.0. The molecule has 0 spiro atoms. The van der Waals surface area contributed by atoms with Crippen LogP contribution in [-0.2, 0) is 37.6 Å². The second-order valence-electron chi connectivity index (χ2n) is 20.0. The lowest BCUT2D eigenvalue weighted by Crippen LogP contribution is -2.67. The van der Waals surface area contributed by atoms with Gasteiger partial charge in [0.2, 0.25) is 0 Å². The molecule has 0 saturated carbocycles. The molecule has 69 heavy (non-hydrogen) atoms. The fraction of sp³-hybridized carbons (Fsp3) is 0.455. The van der Waals surface area contributed by atoms with Gasteiger partial charge in [0.25, 0.3) is 8.32 Å². The minimum absolute atomic E-state index is 0.116. The molecule has 0 aliphatic carbocycles. The molecule has 6 atom stereocenters. The molecule has 0 radical (unpaired) electrons. The Morgan fingerprint density at radius 2 is 1.30 bits per heavy atom. The summed E-state index contributed by atoms with van der Waals surface area (Å²) >= 11 is 0. The molecule has 4 aromatic rings. The zero-order valence-corrected chi connectivity index (χ0v) is 44.8. The number of rotatable bonds is 24. The number of carbonyl (C=O) groups excluding carboxylic acids is 2. The second-order valence-corrected chi connectivity index (χ2v) is 29.9. The largest absolute Gasteiger partial charge is 0.497 e. The van der Waals surface area contributed by atoms with Crippen LogP contribution in [0.1, 0.15) is 74.7 Å². The summed E-state index contributed by atoms with van der Waals surface area (Å²) in [5.41, 5.74) is 1.00. The first-order chi connectivity index (χ1) is 32.7. The van der Waals surface area contributed by atoms with Crippen molar-refractivity contribution in [2.24, 2.45) is 5.92 Å². The standard InChI is InChI=1S/C55H74O12Si2/c1-39(40(2)67-69(54(3,4)5,44-25-19-15-20-26-44)45-27-21-16-22-28-45)29-31-47(64-52(56)41-23-17-14-18-24-41)51-50(65-55(6,7)66-51)46(62-37-58-8)32-30-42-35-43(60-10)36-48(63-38-59-9)49(42)53(57)61-33-34-68(11,12)13/h14-32,35-36,39-40,46-47,50-51H,33-34,37-38H2,1-13H3/b31-29-,32-30+/t39-,40+,46?,47?,50+,51-/m1/s1. The highest BCUT2D eigenvalue weighted by Gasteiger charge is 2.52. The van der Waals surface area contributed by atoms with Crippen LogP contribution in [0.15, 0.2) is 121 Å². The molecule has 0 bridgehead atoms. The van der Waals surface area contributed by atoms with Crippen molar-refractivity contribution >= 4 is 44.8 Å². The first-order valence-corrected chi connectivity index (χ1v) is 29.2. The van der Waals surface area contributed by atoms with E-state index in [9.17, 15) is 9.59 Å². The lowest BCUT2D eigenvalue weighted by atomic mass is 9.98. The maximum atomic E-state index is 14.0. The van der Waals surface area contributed by atoms with E-state index in [2.05, 4.69) is 103 Å². The van der Waals surface area contributed by atoms with Gasteiger partial charge in [0.15, 0.2) is 12.6 Å². The zero-order valence-electron chi connectivity index (χ0n) is 42.8. The highest BCUT2D eigenvalue weighted by Crippen LogP contribution is 2.40. The van der Waals surface area contributed by atoms with E-state index in [1.54, 1.807) is 62.4 Å². The van der Waals surface area contributed by atoms with E-state index in [0.717, 1.165) is 6.04 Å². The summed E-state index contributed by atoms with van der Waals surface area (Å²) in [7, 11) is 0.116. The lowest BCUT2D eigenvalue weighted by Gasteiger charge is -2.45. The van der Waals surface area contributed by atoms with Crippen LogP contribution in [0.25, 0.3) is 6.08 Å². The van der Waals surface area contributed by atoms with Gasteiger partial charge in [-0.2, -0.15) is 0 Å². The minimum atomic E-state index is -2.91. The van der Waals surface area contributed by atoms with E-state index in [0.29, 0.717) is 16.9 Å². The third-order valence-corrected chi connectivity index (χ3v) is 18.8. The maximum absolute atomic E-state index is 14.0. The predicted molar refractivity (Wildman–Crippen MR) is 276 cm³/mol. The summed E-state index contributed by atoms with van der Waals surface area (Å²) in [5, 5.41) is 2.12. The molecule has 1 aliphatic rings. The molecule has 14 heteroatoms. The molecule has 0 N–H and O–H groups in total. The van der Waals surface area contributed by atoms with Gasteiger partial charge in [0, 0.05) is 34.5 Å². The van der Waals surface area contributed by atoms with Gasteiger partial charge in [0.05, 0.1) is 19.3 Å². The van der Waals surface area contributed by atoms with Crippen LogP contribution < -0.4 is 19.8 Å². The molecular weight excluding hydrogens is 909 g/mol. The highest BCUT2D eigenvalue weighted by atomic mass is 28.4. The van der Waals surface area contributed by atoms with Gasteiger partial charge in [-0.3, -0.25) is 0 Å². The molecule has 1 saturated heterocycles. The van der Waals surface area contributed by atoms with Crippen molar-refractivity contribution in [2.45, 2.75) is 115 Å². The average molecular weight is 983 g/mol. The number of carbonyl (C=O) groups is 2. The number of benzene rings is 4. The molecule has 0 aromatic heterocycles. The zero-order chi connectivity index (χ0) is 50.4. The van der Waals surface area contributed by atoms with E-state index in [-0.39, 0.29) is 48.6 Å². The summed E-state index contributed by atoms with van der Waals surface area (Å²) in [4.78, 5) is 27.9. The van der Waals surface area contributed by atoms with Crippen molar-refractivity contribution in [3.05, 3.63) is 138 Å². The molecule has 1 aliphatic heterocycles. The van der Waals surface area contributed by atoms with Crippen molar-refractivity contribution < 1.29 is 56.6 Å². The Balaban J connectivity index is 1.56. The molecule has 1 heterocycles. The normalized spacial score (nSPS) is 18.2. The van der Waals surface area contributed by atoms with Crippen LogP contribution in [0.2, 0.25) is 30.7 Å². The smallest absolute Gasteiger partial charge is 0.342 e. The van der Waals surface area contributed by atoms with Gasteiger partial charge >= 0.3 is 11.9 Å². The average Bonchev–Trinajstić information content (AvgIpc) is 3.65. The van der Waals surface area contributed by atoms with E-state index in [1.165, 1.54) is 31.7 Å². The predicted octanol–water partition coefficient (Wildman–Crippen LogP) is 10.1. The Morgan fingerprint density at radius 3 is 1.84 bits per heavy atom. The first kappa shape index (κ1) is 55.0. The molecular formula is C55H74O12Si2. The number of ether oxygens (including phenoxy) is 9. The van der Waals surface area contributed by atoms with Gasteiger partial charge in [-0.15, -0.1) is 0 Å². The molecule has 2 unspecified atom stereocenters. The monoisotopic (exact) mass is 982 g/mol. The second kappa shape index (κ2) is 24.8. The van der Waals surface area contributed by atoms with Crippen LogP contribution in [0.4, 0.5) is 0 Å². The van der Waals surface area contributed by atoms with Gasteiger partial charge in [-0.1, -0.05) is 144 Å². The summed E-state index contributed by atoms with van der Waals surface area (Å²) in [6, 6.07) is 34.0. The van der Waals surface area contributed by atoms with Crippen LogP contribution in [0.3, 0.4) is 0 Å². The van der Waals surface area contributed by atoms with Crippen molar-refractivity contribution in [1.82, 2.24) is 0 Å². The van der Waals surface area contributed by atoms with E-state index < -0.39 is 58.5 Å². The Morgan fingerprint density at radius 1 is 0.739 bits per heavy atom. The Bertz CT molecular complexity index is 2250. The number of esters is 2. The van der Waals surface area contributed by atoms with Crippen LogP contribution in [0, 0.1) is 5.92 Å². The fourth-order valence-electron chi connectivity index (χ4n) is 8.27. The van der Waals surface area contributed by atoms with Gasteiger partial charge < -0.3 is 47.1 Å². The third kappa shape index (κ3) is 14.8. The quantitative estimate of drug-likeness (QED) is 0.0287. The summed E-state index contributed by atoms with van der Waals surface area (Å²) in [6.45, 7) is 21.2. The topological polar surface area (TPSA) is 126 Å². The lowest BCUT2D eigenvalue weighted by molar-refractivity contribution is -0.165. The first-order valence-electron chi connectivity index (χ1n) is 23.6. The highest BCUT2D eigenvalue weighted by molar-refractivity contribution is 6.99. The number of hydrogen-bond acceptors (Lipinski definition) is 12. The van der Waals surface area contributed by atoms with Crippen molar-refractivity contribution in [2.75, 3.05) is 41.5 Å². The van der Waals surface area contributed by atoms with Crippen LogP contribution in [0.5, 0.6) is 11.5 Å². The summed E-state index contributed by atoms with van der Waals surface area (Å²) in [5.74, 6) is -1.74. The Labute approximate surface area is 412 Å². The molecule has 374 valence electrons. The molecule has 0 amide bonds. The number of methoxy groups -OCH3 is 3. The molecule has 12 nitrogen and oxygen atoms in total. The summed E-state index contributed by atoms with van der Waals surface area (Å²) in [6.07, 6.45) is 3.50. The van der Waals surface area contributed by atoms with E-state index >= 15 is 0 Å². The van der Waals surface area contributed by atoms with Gasteiger partial charge in [0.1, 0.15) is 48.3 Å². The van der Waals surface area contributed by atoms with Gasteiger partial charge in [-0.05, 0) is 78.0 Å². The van der Waals surface area contributed by atoms with Crippen LogP contribution >= 0.6 is 0 Å². The fourth-order valence-corrected chi connectivity index (χ4v) is 13.8. The molecule has 4 aromatic carbocycles. The van der Waals surface area contributed by atoms with Crippen LogP contribution in [-0.4, -0.2) is 106 Å². The SMILES string of the molecule is COCOc1cc(OC)cc(/C=C/C(OCOC)[C@@H]2OC(C)(C)O[C@@H]2C(/C=C\[C@@H](C)[C@H](C)O[Si](c2ccccc2)(c2ccccc2)C(C)(C)C)OC(=O)c2ccccc2)c1C(=O)OCC[Si](C)(C)C. The maximum Gasteiger partial charge on any atom is 0.342 e. The van der Waals surface area contributed by atoms with E-state index in [1.807, 2.05) is 30.4 Å². The molecule has 1 fully saturated rings. The Kier molecular flexibility index (Phi) is 19.8. The van der Waals surface area contributed by atoms with Crippen molar-refractivity contribution in [3.8, 4) is 11.5 Å². The molecule has 5 rings (SSSR count).